The van der Waals surface area contributed by atoms with E-state index in [-0.39, 0.29) is 11.7 Å². The molecular formula is C17H24F2N2O2. The highest BCUT2D eigenvalue weighted by Gasteiger charge is 2.21. The van der Waals surface area contributed by atoms with Crippen LogP contribution in [0, 0.1) is 11.8 Å². The van der Waals surface area contributed by atoms with Crippen LogP contribution in [0.3, 0.4) is 0 Å². The average molecular weight is 326 g/mol. The number of nitrogens with one attached hydrogen (secondary N) is 2. The van der Waals surface area contributed by atoms with Crippen molar-refractivity contribution >= 4 is 5.91 Å². The maximum atomic E-state index is 12.2. The van der Waals surface area contributed by atoms with Crippen molar-refractivity contribution in [3.8, 4) is 5.75 Å². The van der Waals surface area contributed by atoms with E-state index in [1.165, 1.54) is 12.1 Å². The number of amides is 1. The van der Waals surface area contributed by atoms with Crippen molar-refractivity contribution in [2.45, 2.75) is 39.3 Å². The van der Waals surface area contributed by atoms with Crippen molar-refractivity contribution in [2.24, 2.45) is 11.8 Å². The number of rotatable bonds is 7. The quantitative estimate of drug-likeness (QED) is 0.810. The number of carbonyl (C=O) groups is 1. The smallest absolute Gasteiger partial charge is 0.387 e. The minimum atomic E-state index is -2.84. The number of carbonyl (C=O) groups excluding carboxylic acids is 1. The van der Waals surface area contributed by atoms with E-state index in [2.05, 4.69) is 22.3 Å². The van der Waals surface area contributed by atoms with Crippen molar-refractivity contribution in [1.29, 1.82) is 0 Å². The fraction of sp³-hybridized carbons (Fsp3) is 0.588. The van der Waals surface area contributed by atoms with E-state index in [4.69, 9.17) is 0 Å². The summed E-state index contributed by atoms with van der Waals surface area (Å²) >= 11 is 0. The van der Waals surface area contributed by atoms with Gasteiger partial charge in [-0.15, -0.1) is 0 Å². The summed E-state index contributed by atoms with van der Waals surface area (Å²) in [7, 11) is 0. The largest absolute Gasteiger partial charge is 0.435 e. The predicted octanol–water partition coefficient (Wildman–Crippen LogP) is 2.93. The molecule has 0 bridgehead atoms. The molecule has 2 N–H and O–H groups in total. The van der Waals surface area contributed by atoms with E-state index >= 15 is 0 Å². The number of alkyl halides is 2. The normalized spacial score (nSPS) is 17.0. The molecule has 0 saturated carbocycles. The van der Waals surface area contributed by atoms with Crippen LogP contribution in [0.1, 0.15) is 31.7 Å². The minimum absolute atomic E-state index is 0.00351. The Labute approximate surface area is 135 Å². The molecule has 1 heterocycles. The molecule has 1 unspecified atom stereocenters. The van der Waals surface area contributed by atoms with Crippen molar-refractivity contribution in [3.63, 3.8) is 0 Å². The molecule has 1 aromatic carbocycles. The second-order valence-electron chi connectivity index (χ2n) is 6.07. The summed E-state index contributed by atoms with van der Waals surface area (Å²) < 4.78 is 28.7. The summed E-state index contributed by atoms with van der Waals surface area (Å²) in [6.45, 7) is 1.64. The summed E-state index contributed by atoms with van der Waals surface area (Å²) in [5.41, 5.74) is 0.742. The Morgan fingerprint density at radius 3 is 2.83 bits per heavy atom. The zero-order valence-electron chi connectivity index (χ0n) is 13.4. The lowest BCUT2D eigenvalue weighted by molar-refractivity contribution is -0.122. The maximum absolute atomic E-state index is 12.2. The Hall–Kier alpha value is -1.69. The van der Waals surface area contributed by atoms with Crippen LogP contribution < -0.4 is 15.4 Å². The molecule has 1 aliphatic rings. The molecule has 128 valence electrons. The summed E-state index contributed by atoms with van der Waals surface area (Å²) in [6.07, 6.45) is 2.72. The third kappa shape index (κ3) is 6.14. The Morgan fingerprint density at radius 1 is 1.39 bits per heavy atom. The highest BCUT2D eigenvalue weighted by atomic mass is 19.3. The summed E-state index contributed by atoms with van der Waals surface area (Å²) in [6, 6.07) is 6.39. The lowest BCUT2D eigenvalue weighted by Gasteiger charge is -2.27. The Kier molecular flexibility index (Phi) is 6.77. The van der Waals surface area contributed by atoms with E-state index in [0.29, 0.717) is 24.8 Å². The number of hydrogen-bond donors (Lipinski definition) is 2. The first-order chi connectivity index (χ1) is 11.0. The van der Waals surface area contributed by atoms with Gasteiger partial charge < -0.3 is 15.4 Å². The number of piperidine rings is 1. The molecule has 1 saturated heterocycles. The van der Waals surface area contributed by atoms with Crippen LogP contribution in [0.25, 0.3) is 0 Å². The molecule has 4 nitrogen and oxygen atoms in total. The van der Waals surface area contributed by atoms with Crippen LogP contribution in [-0.2, 0) is 11.3 Å². The van der Waals surface area contributed by atoms with Gasteiger partial charge in [-0.2, -0.15) is 8.78 Å². The van der Waals surface area contributed by atoms with Gasteiger partial charge in [0, 0.05) is 13.0 Å². The van der Waals surface area contributed by atoms with Gasteiger partial charge in [-0.1, -0.05) is 19.1 Å². The number of hydrogen-bond acceptors (Lipinski definition) is 3. The summed E-state index contributed by atoms with van der Waals surface area (Å²) in [4.78, 5) is 12.1. The molecule has 0 spiro atoms. The molecule has 23 heavy (non-hydrogen) atoms. The molecule has 6 heteroatoms. The van der Waals surface area contributed by atoms with E-state index in [1.54, 1.807) is 12.1 Å². The van der Waals surface area contributed by atoms with Crippen molar-refractivity contribution < 1.29 is 18.3 Å². The van der Waals surface area contributed by atoms with Crippen molar-refractivity contribution in [3.05, 3.63) is 29.8 Å². The fourth-order valence-corrected chi connectivity index (χ4v) is 2.98. The van der Waals surface area contributed by atoms with E-state index < -0.39 is 6.61 Å². The topological polar surface area (TPSA) is 50.4 Å². The fourth-order valence-electron chi connectivity index (χ4n) is 2.98. The molecule has 1 atom stereocenters. The molecule has 1 fully saturated rings. The van der Waals surface area contributed by atoms with Gasteiger partial charge in [0.2, 0.25) is 5.91 Å². The van der Waals surface area contributed by atoms with Crippen molar-refractivity contribution in [2.75, 3.05) is 13.1 Å². The molecule has 0 radical (unpaired) electrons. The molecule has 2 rings (SSSR count). The molecular weight excluding hydrogens is 302 g/mol. The van der Waals surface area contributed by atoms with E-state index in [1.807, 2.05) is 0 Å². The second kappa shape index (κ2) is 8.82. The predicted molar refractivity (Wildman–Crippen MR) is 84.3 cm³/mol. The van der Waals surface area contributed by atoms with Gasteiger partial charge in [-0.05, 0) is 55.5 Å². The second-order valence-corrected chi connectivity index (χ2v) is 6.07. The Balaban J connectivity index is 1.77. The zero-order valence-corrected chi connectivity index (χ0v) is 13.4. The molecule has 0 aromatic heterocycles. The van der Waals surface area contributed by atoms with Gasteiger partial charge in [-0.3, -0.25) is 4.79 Å². The lowest BCUT2D eigenvalue weighted by atomic mass is 9.84. The highest BCUT2D eigenvalue weighted by molar-refractivity contribution is 5.76. The van der Waals surface area contributed by atoms with Gasteiger partial charge >= 0.3 is 6.61 Å². The molecule has 1 amide bonds. The van der Waals surface area contributed by atoms with Gasteiger partial charge in [0.15, 0.2) is 0 Å². The summed E-state index contributed by atoms with van der Waals surface area (Å²) in [5, 5.41) is 6.17. The molecule has 1 aliphatic heterocycles. The monoisotopic (exact) mass is 326 g/mol. The number of benzene rings is 1. The third-order valence-electron chi connectivity index (χ3n) is 4.31. The van der Waals surface area contributed by atoms with E-state index in [9.17, 15) is 13.6 Å². The maximum Gasteiger partial charge on any atom is 0.387 e. The first kappa shape index (κ1) is 17.7. The standard InChI is InChI=1S/C17H24F2N2O2/c1-12(14-5-7-20-8-6-14)9-16(22)21-11-13-3-2-4-15(10-13)23-17(18)19/h2-4,10,12,14,17,20H,5-9,11H2,1H3,(H,21,22). The van der Waals surface area contributed by atoms with Crippen LogP contribution in [0.4, 0.5) is 8.78 Å². The highest BCUT2D eigenvalue weighted by Crippen LogP contribution is 2.24. The Morgan fingerprint density at radius 2 is 2.13 bits per heavy atom. The third-order valence-corrected chi connectivity index (χ3v) is 4.31. The molecule has 0 aliphatic carbocycles. The first-order valence-electron chi connectivity index (χ1n) is 8.05. The molecule has 1 aromatic rings. The SMILES string of the molecule is CC(CC(=O)NCc1cccc(OC(F)F)c1)C1CCNCC1. The first-order valence-corrected chi connectivity index (χ1v) is 8.05. The van der Waals surface area contributed by atoms with Crippen LogP contribution in [-0.4, -0.2) is 25.6 Å². The van der Waals surface area contributed by atoms with Gasteiger partial charge in [0.25, 0.3) is 0 Å². The Bertz CT molecular complexity index is 505. The zero-order chi connectivity index (χ0) is 16.7. The van der Waals surface area contributed by atoms with Gasteiger partial charge in [0.05, 0.1) is 0 Å². The van der Waals surface area contributed by atoms with E-state index in [0.717, 1.165) is 31.5 Å². The van der Waals surface area contributed by atoms with Crippen LogP contribution >= 0.6 is 0 Å². The van der Waals surface area contributed by atoms with Gasteiger partial charge in [0.1, 0.15) is 5.75 Å². The van der Waals surface area contributed by atoms with Crippen LogP contribution in [0.15, 0.2) is 24.3 Å². The lowest BCUT2D eigenvalue weighted by Crippen LogP contribution is -2.33. The van der Waals surface area contributed by atoms with Crippen LogP contribution in [0.5, 0.6) is 5.75 Å². The minimum Gasteiger partial charge on any atom is -0.435 e. The average Bonchev–Trinajstić information content (AvgIpc) is 2.53. The number of ether oxygens (including phenoxy) is 1. The summed E-state index contributed by atoms with van der Waals surface area (Å²) in [5.74, 6) is 1.04. The van der Waals surface area contributed by atoms with Gasteiger partial charge in [-0.25, -0.2) is 0 Å². The van der Waals surface area contributed by atoms with Crippen molar-refractivity contribution in [1.82, 2.24) is 10.6 Å². The number of halogens is 2. The van der Waals surface area contributed by atoms with Crippen LogP contribution in [0.2, 0.25) is 0 Å².